The molecule has 2 aromatic rings. The van der Waals surface area contributed by atoms with Crippen molar-refractivity contribution in [2.24, 2.45) is 5.92 Å². The first-order valence-corrected chi connectivity index (χ1v) is 7.08. The number of carbonyl (C=O) groups is 1. The van der Waals surface area contributed by atoms with Gasteiger partial charge in [0.05, 0.1) is 18.2 Å². The van der Waals surface area contributed by atoms with E-state index in [1.54, 1.807) is 6.20 Å². The largest absolute Gasteiger partial charge is 0.380 e. The van der Waals surface area contributed by atoms with Crippen molar-refractivity contribution < 1.29 is 9.53 Å². The van der Waals surface area contributed by atoms with Gasteiger partial charge in [-0.05, 0) is 18.9 Å². The first kappa shape index (κ1) is 14.6. The topological polar surface area (TPSA) is 54.1 Å². The highest BCUT2D eigenvalue weighted by atomic mass is 16.5. The van der Waals surface area contributed by atoms with Crippen LogP contribution < -0.4 is 5.32 Å². The average Bonchev–Trinajstić information content (AvgIpc) is 2.87. The van der Waals surface area contributed by atoms with Gasteiger partial charge in [-0.2, -0.15) is 0 Å². The fourth-order valence-electron chi connectivity index (χ4n) is 2.15. The van der Waals surface area contributed by atoms with E-state index >= 15 is 0 Å². The fraction of sp³-hybridized carbons (Fsp3) is 0.438. The average molecular weight is 274 g/mol. The van der Waals surface area contributed by atoms with Gasteiger partial charge in [-0.1, -0.05) is 32.0 Å². The Bertz CT molecular complexity index is 575. The number of rotatable bonds is 6. The van der Waals surface area contributed by atoms with Crippen molar-refractivity contribution in [3.8, 4) is 0 Å². The Kier molecular flexibility index (Phi) is 4.79. The number of carbonyl (C=O) groups excluding carboxylic acids is 1. The summed E-state index contributed by atoms with van der Waals surface area (Å²) < 4.78 is 5.44. The highest BCUT2D eigenvalue weighted by Crippen LogP contribution is 2.18. The lowest BCUT2D eigenvalue weighted by molar-refractivity contribution is 0.0807. The minimum absolute atomic E-state index is 0.0242. The maximum Gasteiger partial charge on any atom is 0.253 e. The monoisotopic (exact) mass is 274 g/mol. The number of hydrogen-bond donors (Lipinski definition) is 2. The number of nitrogens with one attached hydrogen (secondary N) is 2. The molecule has 1 unspecified atom stereocenters. The number of hydrogen-bond acceptors (Lipinski definition) is 2. The molecule has 0 spiro atoms. The first-order chi connectivity index (χ1) is 9.63. The van der Waals surface area contributed by atoms with Crippen LogP contribution >= 0.6 is 0 Å². The van der Waals surface area contributed by atoms with Crippen LogP contribution in [0.25, 0.3) is 10.9 Å². The summed E-state index contributed by atoms with van der Waals surface area (Å²) >= 11 is 0. The van der Waals surface area contributed by atoms with Crippen LogP contribution in [0, 0.1) is 5.92 Å². The second-order valence-corrected chi connectivity index (χ2v) is 5.23. The summed E-state index contributed by atoms with van der Waals surface area (Å²) in [5.74, 6) is 0.275. The predicted octanol–water partition coefficient (Wildman–Crippen LogP) is 2.96. The van der Waals surface area contributed by atoms with Gasteiger partial charge in [-0.3, -0.25) is 4.79 Å². The highest BCUT2D eigenvalue weighted by Gasteiger charge is 2.19. The molecule has 2 rings (SSSR count). The second-order valence-electron chi connectivity index (χ2n) is 5.23. The summed E-state index contributed by atoms with van der Waals surface area (Å²) in [6.07, 6.45) is 1.76. The Balaban J connectivity index is 2.14. The van der Waals surface area contributed by atoms with Crippen LogP contribution in [0.5, 0.6) is 0 Å². The Hall–Kier alpha value is -1.81. The van der Waals surface area contributed by atoms with Gasteiger partial charge < -0.3 is 15.0 Å². The molecule has 1 amide bonds. The highest BCUT2D eigenvalue weighted by molar-refractivity contribution is 6.06. The molecule has 2 N–H and O–H groups in total. The molecule has 1 heterocycles. The van der Waals surface area contributed by atoms with E-state index in [0.717, 1.165) is 10.9 Å². The van der Waals surface area contributed by atoms with Gasteiger partial charge in [0, 0.05) is 23.7 Å². The van der Waals surface area contributed by atoms with E-state index in [2.05, 4.69) is 24.1 Å². The molecule has 1 atom stereocenters. The Morgan fingerprint density at radius 2 is 2.10 bits per heavy atom. The van der Waals surface area contributed by atoms with Gasteiger partial charge in [0.1, 0.15) is 0 Å². The number of ether oxygens (including phenoxy) is 1. The van der Waals surface area contributed by atoms with Crippen LogP contribution in [0.3, 0.4) is 0 Å². The lowest BCUT2D eigenvalue weighted by Gasteiger charge is -2.22. The number of aromatic nitrogens is 1. The number of H-pyrrole nitrogens is 1. The van der Waals surface area contributed by atoms with Crippen molar-refractivity contribution in [3.05, 3.63) is 36.0 Å². The van der Waals surface area contributed by atoms with Crippen LogP contribution in [0.15, 0.2) is 30.5 Å². The van der Waals surface area contributed by atoms with Crippen LogP contribution in [0.4, 0.5) is 0 Å². The van der Waals surface area contributed by atoms with Crippen molar-refractivity contribution in [1.29, 1.82) is 0 Å². The number of para-hydroxylation sites is 1. The van der Waals surface area contributed by atoms with E-state index in [4.69, 9.17) is 4.74 Å². The standard InChI is InChI=1S/C16H22N2O2/c1-4-20-10-15(11(2)3)18-16(19)13-9-17-14-8-6-5-7-12(13)14/h5-9,11,15,17H,4,10H2,1-3H3,(H,18,19). The SMILES string of the molecule is CCOCC(NC(=O)c1c[nH]c2ccccc12)C(C)C. The molecule has 1 aromatic carbocycles. The third kappa shape index (κ3) is 3.20. The van der Waals surface area contributed by atoms with E-state index in [0.29, 0.717) is 24.7 Å². The van der Waals surface area contributed by atoms with Crippen LogP contribution in [-0.4, -0.2) is 30.1 Å². The summed E-state index contributed by atoms with van der Waals surface area (Å²) in [5, 5.41) is 4.01. The third-order valence-electron chi connectivity index (χ3n) is 3.46. The zero-order chi connectivity index (χ0) is 14.5. The normalized spacial score (nSPS) is 12.8. The fourth-order valence-corrected chi connectivity index (χ4v) is 2.15. The summed E-state index contributed by atoms with van der Waals surface area (Å²) in [6, 6.07) is 7.83. The summed E-state index contributed by atoms with van der Waals surface area (Å²) in [6.45, 7) is 7.33. The molecule has 20 heavy (non-hydrogen) atoms. The summed E-state index contributed by atoms with van der Waals surface area (Å²) in [7, 11) is 0. The molecule has 0 bridgehead atoms. The van der Waals surface area contributed by atoms with Crippen molar-refractivity contribution >= 4 is 16.8 Å². The van der Waals surface area contributed by atoms with Crippen molar-refractivity contribution in [2.45, 2.75) is 26.8 Å². The predicted molar refractivity (Wildman–Crippen MR) is 80.9 cm³/mol. The molecule has 0 fully saturated rings. The molecule has 4 heteroatoms. The van der Waals surface area contributed by atoms with E-state index in [1.807, 2.05) is 31.2 Å². The maximum atomic E-state index is 12.4. The molecule has 0 radical (unpaired) electrons. The minimum Gasteiger partial charge on any atom is -0.380 e. The molecular formula is C16H22N2O2. The number of aromatic amines is 1. The molecule has 0 aliphatic carbocycles. The van der Waals surface area contributed by atoms with E-state index < -0.39 is 0 Å². The van der Waals surface area contributed by atoms with Crippen LogP contribution in [-0.2, 0) is 4.74 Å². The molecule has 0 saturated heterocycles. The molecule has 0 aliphatic rings. The minimum atomic E-state index is -0.0548. The first-order valence-electron chi connectivity index (χ1n) is 7.08. The number of fused-ring (bicyclic) bond motifs is 1. The zero-order valence-corrected chi connectivity index (χ0v) is 12.3. The Morgan fingerprint density at radius 1 is 1.35 bits per heavy atom. The van der Waals surface area contributed by atoms with Gasteiger partial charge in [0.15, 0.2) is 0 Å². The second kappa shape index (κ2) is 6.57. The Morgan fingerprint density at radius 3 is 2.80 bits per heavy atom. The summed E-state index contributed by atoms with van der Waals surface area (Å²) in [4.78, 5) is 15.5. The lowest BCUT2D eigenvalue weighted by atomic mass is 10.0. The molecule has 0 saturated carbocycles. The van der Waals surface area contributed by atoms with Gasteiger partial charge >= 0.3 is 0 Å². The zero-order valence-electron chi connectivity index (χ0n) is 12.3. The van der Waals surface area contributed by atoms with Gasteiger partial charge in [0.25, 0.3) is 5.91 Å². The maximum absolute atomic E-state index is 12.4. The molecule has 4 nitrogen and oxygen atoms in total. The van der Waals surface area contributed by atoms with E-state index in [1.165, 1.54) is 0 Å². The van der Waals surface area contributed by atoms with Crippen molar-refractivity contribution in [2.75, 3.05) is 13.2 Å². The Labute approximate surface area is 119 Å². The molecule has 1 aromatic heterocycles. The van der Waals surface area contributed by atoms with Crippen molar-refractivity contribution in [3.63, 3.8) is 0 Å². The van der Waals surface area contributed by atoms with E-state index in [-0.39, 0.29) is 11.9 Å². The summed E-state index contributed by atoms with van der Waals surface area (Å²) in [5.41, 5.74) is 1.66. The molecule has 108 valence electrons. The quantitative estimate of drug-likeness (QED) is 0.851. The van der Waals surface area contributed by atoms with E-state index in [9.17, 15) is 4.79 Å². The lowest BCUT2D eigenvalue weighted by Crippen LogP contribution is -2.41. The third-order valence-corrected chi connectivity index (χ3v) is 3.46. The van der Waals surface area contributed by atoms with Crippen LogP contribution in [0.1, 0.15) is 31.1 Å². The number of benzene rings is 1. The van der Waals surface area contributed by atoms with Crippen LogP contribution in [0.2, 0.25) is 0 Å². The number of amides is 1. The smallest absolute Gasteiger partial charge is 0.253 e. The van der Waals surface area contributed by atoms with Crippen molar-refractivity contribution in [1.82, 2.24) is 10.3 Å². The van der Waals surface area contributed by atoms with Gasteiger partial charge in [0.2, 0.25) is 0 Å². The van der Waals surface area contributed by atoms with Gasteiger partial charge in [-0.15, -0.1) is 0 Å². The molecule has 0 aliphatic heterocycles. The van der Waals surface area contributed by atoms with Gasteiger partial charge in [-0.25, -0.2) is 0 Å². The molecular weight excluding hydrogens is 252 g/mol.